The van der Waals surface area contributed by atoms with E-state index in [0.717, 1.165) is 30.2 Å². The van der Waals surface area contributed by atoms with Gasteiger partial charge in [0.05, 0.1) is 12.8 Å². The van der Waals surface area contributed by atoms with Crippen molar-refractivity contribution in [3.8, 4) is 22.8 Å². The molecule has 2 heterocycles. The Morgan fingerprint density at radius 1 is 0.968 bits per heavy atom. The van der Waals surface area contributed by atoms with Crippen LogP contribution in [0, 0.1) is 0 Å². The number of nitrogens with zero attached hydrogens (tertiary/aromatic N) is 3. The van der Waals surface area contributed by atoms with Crippen LogP contribution in [0.3, 0.4) is 0 Å². The van der Waals surface area contributed by atoms with Crippen molar-refractivity contribution in [2.24, 2.45) is 0 Å². The molecule has 1 fully saturated rings. The van der Waals surface area contributed by atoms with Crippen LogP contribution in [0.5, 0.6) is 11.5 Å². The minimum Gasteiger partial charge on any atom is -0.497 e. The summed E-state index contributed by atoms with van der Waals surface area (Å²) in [4.78, 5) is 14.5. The van der Waals surface area contributed by atoms with Crippen LogP contribution in [0.2, 0.25) is 0 Å². The van der Waals surface area contributed by atoms with Gasteiger partial charge in [-0.1, -0.05) is 18.2 Å². The fourth-order valence-corrected chi connectivity index (χ4v) is 3.53. The number of carbonyl (C=O) groups excluding carboxylic acids is 1. The van der Waals surface area contributed by atoms with E-state index in [1.807, 2.05) is 48.5 Å². The fraction of sp³-hybridized carbons (Fsp3) is 0.292. The van der Waals surface area contributed by atoms with Crippen LogP contribution >= 0.6 is 0 Å². The molecule has 1 N–H and O–H groups in total. The lowest BCUT2D eigenvalue weighted by Crippen LogP contribution is -2.30. The number of hydrogen-bond donors (Lipinski definition) is 1. The molecule has 0 atom stereocenters. The predicted molar refractivity (Wildman–Crippen MR) is 121 cm³/mol. The van der Waals surface area contributed by atoms with Gasteiger partial charge in [-0.3, -0.25) is 4.79 Å². The molecule has 1 aromatic heterocycles. The quantitative estimate of drug-likeness (QED) is 0.621. The molecule has 0 radical (unpaired) electrons. The van der Waals surface area contributed by atoms with Crippen LogP contribution in [0.4, 0.5) is 11.5 Å². The maximum absolute atomic E-state index is 12.2. The molecule has 160 valence electrons. The largest absolute Gasteiger partial charge is 0.497 e. The Balaban J connectivity index is 1.31. The second-order valence-corrected chi connectivity index (χ2v) is 7.42. The van der Waals surface area contributed by atoms with Crippen LogP contribution in [0.25, 0.3) is 11.3 Å². The molecule has 31 heavy (non-hydrogen) atoms. The third-order valence-electron chi connectivity index (χ3n) is 5.21. The third kappa shape index (κ3) is 5.51. The number of piperidine rings is 1. The van der Waals surface area contributed by atoms with E-state index in [-0.39, 0.29) is 12.5 Å². The van der Waals surface area contributed by atoms with Crippen LogP contribution in [-0.4, -0.2) is 42.9 Å². The summed E-state index contributed by atoms with van der Waals surface area (Å²) in [5.41, 5.74) is 2.45. The van der Waals surface area contributed by atoms with Gasteiger partial charge in [0.25, 0.3) is 5.91 Å². The summed E-state index contributed by atoms with van der Waals surface area (Å²) < 4.78 is 10.7. The van der Waals surface area contributed by atoms with Crippen molar-refractivity contribution < 1.29 is 14.3 Å². The van der Waals surface area contributed by atoms with Crippen molar-refractivity contribution in [3.63, 3.8) is 0 Å². The molecular weight excluding hydrogens is 392 g/mol. The van der Waals surface area contributed by atoms with Crippen molar-refractivity contribution in [1.29, 1.82) is 0 Å². The monoisotopic (exact) mass is 418 g/mol. The molecule has 0 aliphatic carbocycles. The minimum absolute atomic E-state index is 0.0850. The van der Waals surface area contributed by atoms with E-state index < -0.39 is 0 Å². The Kier molecular flexibility index (Phi) is 6.62. The smallest absolute Gasteiger partial charge is 0.262 e. The van der Waals surface area contributed by atoms with Gasteiger partial charge >= 0.3 is 0 Å². The highest BCUT2D eigenvalue weighted by Gasteiger charge is 2.13. The van der Waals surface area contributed by atoms with E-state index in [1.165, 1.54) is 19.3 Å². The van der Waals surface area contributed by atoms with E-state index in [1.54, 1.807) is 19.2 Å². The van der Waals surface area contributed by atoms with Gasteiger partial charge in [-0.25, -0.2) is 0 Å². The summed E-state index contributed by atoms with van der Waals surface area (Å²) in [6.07, 6.45) is 3.71. The van der Waals surface area contributed by atoms with Crippen LogP contribution in [-0.2, 0) is 4.79 Å². The number of aromatic nitrogens is 2. The maximum atomic E-state index is 12.2. The molecule has 0 spiro atoms. The van der Waals surface area contributed by atoms with E-state index in [4.69, 9.17) is 9.47 Å². The standard InChI is InChI=1S/C24H26N4O3/c1-30-20-6-5-7-21(16-20)31-17-24(29)25-19-10-8-18(9-11-19)22-12-13-23(27-26-22)28-14-3-2-4-15-28/h5-13,16H,2-4,14-15,17H2,1H3,(H,25,29). The summed E-state index contributed by atoms with van der Waals surface area (Å²) in [5, 5.41) is 11.6. The lowest BCUT2D eigenvalue weighted by Gasteiger charge is -2.27. The second-order valence-electron chi connectivity index (χ2n) is 7.42. The SMILES string of the molecule is COc1cccc(OCC(=O)Nc2ccc(-c3ccc(N4CCCCC4)nn3)cc2)c1. The van der Waals surface area contributed by atoms with Crippen molar-refractivity contribution in [2.45, 2.75) is 19.3 Å². The highest BCUT2D eigenvalue weighted by Crippen LogP contribution is 2.23. The van der Waals surface area contributed by atoms with Crippen molar-refractivity contribution in [1.82, 2.24) is 10.2 Å². The topological polar surface area (TPSA) is 76.6 Å². The molecule has 1 saturated heterocycles. The zero-order valence-electron chi connectivity index (χ0n) is 17.6. The molecule has 0 saturated carbocycles. The number of ether oxygens (including phenoxy) is 2. The first-order valence-corrected chi connectivity index (χ1v) is 10.5. The fourth-order valence-electron chi connectivity index (χ4n) is 3.53. The maximum Gasteiger partial charge on any atom is 0.262 e. The average molecular weight is 418 g/mol. The number of amides is 1. The van der Waals surface area contributed by atoms with E-state index in [2.05, 4.69) is 20.4 Å². The summed E-state index contributed by atoms with van der Waals surface area (Å²) in [6, 6.07) is 18.7. The first kappa shape index (κ1) is 20.7. The number of rotatable bonds is 7. The molecule has 7 nitrogen and oxygen atoms in total. The Morgan fingerprint density at radius 3 is 2.45 bits per heavy atom. The Labute approximate surface area is 182 Å². The van der Waals surface area contributed by atoms with Gasteiger partial charge in [0.2, 0.25) is 0 Å². The zero-order chi connectivity index (χ0) is 21.5. The number of benzene rings is 2. The first-order chi connectivity index (χ1) is 15.2. The van der Waals surface area contributed by atoms with Crippen LogP contribution < -0.4 is 19.7 Å². The van der Waals surface area contributed by atoms with Crippen molar-refractivity contribution >= 4 is 17.4 Å². The van der Waals surface area contributed by atoms with Gasteiger partial charge in [0.1, 0.15) is 11.5 Å². The molecule has 3 aromatic rings. The van der Waals surface area contributed by atoms with Crippen LogP contribution in [0.15, 0.2) is 60.7 Å². The first-order valence-electron chi connectivity index (χ1n) is 10.5. The number of hydrogen-bond acceptors (Lipinski definition) is 6. The molecule has 4 rings (SSSR count). The van der Waals surface area contributed by atoms with Crippen LogP contribution in [0.1, 0.15) is 19.3 Å². The van der Waals surface area contributed by atoms with Gasteiger partial charge in [-0.15, -0.1) is 10.2 Å². The minimum atomic E-state index is -0.235. The highest BCUT2D eigenvalue weighted by atomic mass is 16.5. The second kappa shape index (κ2) is 9.93. The lowest BCUT2D eigenvalue weighted by molar-refractivity contribution is -0.118. The number of nitrogens with one attached hydrogen (secondary N) is 1. The molecule has 1 amide bonds. The average Bonchev–Trinajstić information content (AvgIpc) is 2.84. The summed E-state index contributed by atoms with van der Waals surface area (Å²) in [5.74, 6) is 1.96. The molecule has 2 aromatic carbocycles. The molecular formula is C24H26N4O3. The Hall–Kier alpha value is -3.61. The molecule has 1 aliphatic heterocycles. The number of methoxy groups -OCH3 is 1. The number of anilines is 2. The van der Waals surface area contributed by atoms with E-state index in [9.17, 15) is 4.79 Å². The van der Waals surface area contributed by atoms with Gasteiger partial charge < -0.3 is 19.7 Å². The van der Waals surface area contributed by atoms with Gasteiger partial charge in [-0.2, -0.15) is 0 Å². The Morgan fingerprint density at radius 2 is 1.74 bits per heavy atom. The summed E-state index contributed by atoms with van der Waals surface area (Å²) >= 11 is 0. The summed E-state index contributed by atoms with van der Waals surface area (Å²) in [6.45, 7) is 2.01. The summed E-state index contributed by atoms with van der Waals surface area (Å²) in [7, 11) is 1.59. The Bertz CT molecular complexity index is 1000. The molecule has 7 heteroatoms. The highest BCUT2D eigenvalue weighted by molar-refractivity contribution is 5.92. The molecule has 0 unspecified atom stereocenters. The van der Waals surface area contributed by atoms with Gasteiger partial charge in [-0.05, 0) is 55.7 Å². The lowest BCUT2D eigenvalue weighted by atomic mass is 10.1. The molecule has 0 bridgehead atoms. The normalized spacial score (nSPS) is 13.5. The van der Waals surface area contributed by atoms with Crippen molar-refractivity contribution in [2.75, 3.05) is 37.0 Å². The molecule has 1 aliphatic rings. The predicted octanol–water partition coefficient (Wildman–Crippen LogP) is 4.16. The third-order valence-corrected chi connectivity index (χ3v) is 5.21. The van der Waals surface area contributed by atoms with E-state index in [0.29, 0.717) is 17.2 Å². The van der Waals surface area contributed by atoms with E-state index >= 15 is 0 Å². The zero-order valence-corrected chi connectivity index (χ0v) is 17.6. The van der Waals surface area contributed by atoms with Gasteiger partial charge in [0, 0.05) is 30.4 Å². The number of carbonyl (C=O) groups is 1. The van der Waals surface area contributed by atoms with Crippen molar-refractivity contribution in [3.05, 3.63) is 60.7 Å². The van der Waals surface area contributed by atoms with Gasteiger partial charge in [0.15, 0.2) is 12.4 Å².